The molecule has 0 saturated carbocycles. The Morgan fingerprint density at radius 3 is 1.56 bits per heavy atom. The first-order valence-electron chi connectivity index (χ1n) is 6.73. The highest BCUT2D eigenvalue weighted by Crippen LogP contribution is 2.43. The summed E-state index contributed by atoms with van der Waals surface area (Å²) in [5.74, 6) is 0. The molecule has 1 nitrogen and oxygen atoms in total. The lowest BCUT2D eigenvalue weighted by Gasteiger charge is -2.14. The van der Waals surface area contributed by atoms with Crippen molar-refractivity contribution in [3.63, 3.8) is 0 Å². The molecule has 0 N–H and O–H groups in total. The van der Waals surface area contributed by atoms with Gasteiger partial charge in [-0.05, 0) is 30.3 Å². The van der Waals surface area contributed by atoms with Crippen molar-refractivity contribution in [3.05, 3.63) is 71.7 Å². The molecule has 2 aromatic carbocycles. The molecule has 0 spiro atoms. The highest BCUT2D eigenvalue weighted by molar-refractivity contribution is 6.45. The number of aromatic nitrogens is 1. The average Bonchev–Trinajstić information content (AvgIpc) is 2.54. The average molecular weight is 472 g/mol. The summed E-state index contributed by atoms with van der Waals surface area (Å²) < 4.78 is 0. The predicted octanol–water partition coefficient (Wildman–Crippen LogP) is 8.99. The molecular weight excluding hydrogens is 466 g/mol. The zero-order valence-corrected chi connectivity index (χ0v) is 17.3. The zero-order valence-electron chi connectivity index (χ0n) is 12.1. The van der Waals surface area contributed by atoms with Gasteiger partial charge in [-0.25, -0.2) is 0 Å². The van der Waals surface area contributed by atoms with Crippen molar-refractivity contribution in [1.29, 1.82) is 0 Å². The minimum Gasteiger partial charge on any atom is -0.254 e. The maximum Gasteiger partial charge on any atom is 0.0797 e. The molecule has 0 bridgehead atoms. The van der Waals surface area contributed by atoms with Crippen LogP contribution in [0.1, 0.15) is 0 Å². The number of hydrogen-bond donors (Lipinski definition) is 0. The summed E-state index contributed by atoms with van der Waals surface area (Å²) in [5, 5.41) is 2.61. The van der Waals surface area contributed by atoms with E-state index in [1.165, 1.54) is 6.20 Å². The third kappa shape index (κ3) is 3.99. The summed E-state index contributed by atoms with van der Waals surface area (Å²) in [4.78, 5) is 4.40. The summed E-state index contributed by atoms with van der Waals surface area (Å²) in [6, 6.07) is 8.11. The van der Waals surface area contributed by atoms with Crippen LogP contribution in [0.2, 0.25) is 35.2 Å². The van der Waals surface area contributed by atoms with E-state index in [-0.39, 0.29) is 0 Å². The Hall–Kier alpha value is -0.380. The van der Waals surface area contributed by atoms with E-state index in [0.717, 1.165) is 0 Å². The number of rotatable bonds is 2. The van der Waals surface area contributed by atoms with Gasteiger partial charge in [0.05, 0.1) is 40.9 Å². The largest absolute Gasteiger partial charge is 0.254 e. The van der Waals surface area contributed by atoms with Crippen molar-refractivity contribution >= 4 is 81.2 Å². The van der Waals surface area contributed by atoms with Gasteiger partial charge in [0.25, 0.3) is 0 Å². The molecule has 8 heteroatoms. The standard InChI is InChI=1S/C17H6Cl7N/c18-7-1-9(8-2-13(21)15(23)4-11(8)19)17(25-6-7)10-3-14(22)16(24)5-12(10)20/h1-6H. The maximum absolute atomic E-state index is 6.35. The molecule has 0 unspecified atom stereocenters. The van der Waals surface area contributed by atoms with Crippen LogP contribution in [-0.2, 0) is 0 Å². The van der Waals surface area contributed by atoms with Gasteiger partial charge in [0.1, 0.15) is 0 Å². The summed E-state index contributed by atoms with van der Waals surface area (Å²) in [6.07, 6.45) is 1.50. The number of pyridine rings is 1. The van der Waals surface area contributed by atoms with Gasteiger partial charge >= 0.3 is 0 Å². The number of hydrogen-bond acceptors (Lipinski definition) is 1. The second-order valence-corrected chi connectivity index (χ2v) is 7.92. The number of nitrogens with zero attached hydrogens (tertiary/aromatic N) is 1. The first-order chi connectivity index (χ1) is 11.8. The third-order valence-corrected chi connectivity index (χ3v) is 5.70. The first-order valence-corrected chi connectivity index (χ1v) is 9.38. The van der Waals surface area contributed by atoms with Crippen molar-refractivity contribution in [3.8, 4) is 22.4 Å². The third-order valence-electron chi connectivity index (χ3n) is 3.42. The van der Waals surface area contributed by atoms with Gasteiger partial charge in [-0.15, -0.1) is 0 Å². The van der Waals surface area contributed by atoms with Crippen LogP contribution in [0.3, 0.4) is 0 Å². The van der Waals surface area contributed by atoms with Crippen molar-refractivity contribution in [2.45, 2.75) is 0 Å². The van der Waals surface area contributed by atoms with Crippen LogP contribution in [0.25, 0.3) is 22.4 Å². The summed E-state index contributed by atoms with van der Waals surface area (Å²) in [6.45, 7) is 0. The second kappa shape index (κ2) is 7.70. The monoisotopic (exact) mass is 469 g/mol. The van der Waals surface area contributed by atoms with Crippen LogP contribution in [0.5, 0.6) is 0 Å². The molecule has 0 aliphatic carbocycles. The molecule has 0 atom stereocenters. The van der Waals surface area contributed by atoms with Crippen LogP contribution >= 0.6 is 81.2 Å². The van der Waals surface area contributed by atoms with Crippen LogP contribution < -0.4 is 0 Å². The summed E-state index contributed by atoms with van der Waals surface area (Å²) >= 11 is 43.1. The van der Waals surface area contributed by atoms with Crippen molar-refractivity contribution in [1.82, 2.24) is 4.98 Å². The van der Waals surface area contributed by atoms with E-state index >= 15 is 0 Å². The van der Waals surface area contributed by atoms with Gasteiger partial charge < -0.3 is 0 Å². The van der Waals surface area contributed by atoms with E-state index in [4.69, 9.17) is 81.2 Å². The number of halogens is 7. The molecule has 1 heterocycles. The Morgan fingerprint density at radius 1 is 0.480 bits per heavy atom. The molecular formula is C17H6Cl7N. The topological polar surface area (TPSA) is 12.9 Å². The fraction of sp³-hybridized carbons (Fsp3) is 0. The van der Waals surface area contributed by atoms with E-state index in [1.54, 1.807) is 30.3 Å². The van der Waals surface area contributed by atoms with Crippen molar-refractivity contribution < 1.29 is 0 Å². The molecule has 0 fully saturated rings. The van der Waals surface area contributed by atoms with Crippen molar-refractivity contribution in [2.24, 2.45) is 0 Å². The van der Waals surface area contributed by atoms with Gasteiger partial charge in [-0.2, -0.15) is 0 Å². The van der Waals surface area contributed by atoms with Crippen LogP contribution in [0.4, 0.5) is 0 Å². The molecule has 0 amide bonds. The Balaban J connectivity index is 2.32. The van der Waals surface area contributed by atoms with Gasteiger partial charge in [0.15, 0.2) is 0 Å². The molecule has 0 aliphatic heterocycles. The van der Waals surface area contributed by atoms with Gasteiger partial charge in [-0.3, -0.25) is 4.98 Å². The molecule has 3 aromatic rings. The minimum absolute atomic E-state index is 0.346. The van der Waals surface area contributed by atoms with E-state index in [2.05, 4.69) is 4.98 Å². The van der Waals surface area contributed by atoms with Gasteiger partial charge in [0.2, 0.25) is 0 Å². The van der Waals surface area contributed by atoms with E-state index in [0.29, 0.717) is 57.5 Å². The lowest BCUT2D eigenvalue weighted by molar-refractivity contribution is 1.32. The Kier molecular flexibility index (Phi) is 5.97. The van der Waals surface area contributed by atoms with E-state index in [9.17, 15) is 0 Å². The SMILES string of the molecule is Clc1cnc(-c2cc(Cl)c(Cl)cc2Cl)c(-c2cc(Cl)c(Cl)cc2Cl)c1. The lowest BCUT2D eigenvalue weighted by Crippen LogP contribution is -1.92. The van der Waals surface area contributed by atoms with Crippen LogP contribution in [0.15, 0.2) is 36.5 Å². The Labute approximate surface area is 179 Å². The smallest absolute Gasteiger partial charge is 0.0797 e. The Bertz CT molecular complexity index is 985. The quantitative estimate of drug-likeness (QED) is 0.339. The predicted molar refractivity (Wildman–Crippen MR) is 110 cm³/mol. The Morgan fingerprint density at radius 2 is 0.960 bits per heavy atom. The first kappa shape index (κ1) is 19.4. The molecule has 3 rings (SSSR count). The maximum atomic E-state index is 6.35. The number of benzene rings is 2. The van der Waals surface area contributed by atoms with E-state index < -0.39 is 0 Å². The molecule has 1 aromatic heterocycles. The van der Waals surface area contributed by atoms with Gasteiger partial charge in [0, 0.05) is 22.9 Å². The van der Waals surface area contributed by atoms with Crippen molar-refractivity contribution in [2.75, 3.05) is 0 Å². The fourth-order valence-electron chi connectivity index (χ4n) is 2.29. The normalized spacial score (nSPS) is 11.0. The second-order valence-electron chi connectivity index (χ2n) is 5.04. The molecule has 0 saturated heterocycles. The van der Waals surface area contributed by atoms with Gasteiger partial charge in [-0.1, -0.05) is 81.2 Å². The van der Waals surface area contributed by atoms with E-state index in [1.807, 2.05) is 0 Å². The molecule has 0 radical (unpaired) electrons. The highest BCUT2D eigenvalue weighted by atomic mass is 35.5. The highest BCUT2D eigenvalue weighted by Gasteiger charge is 2.18. The minimum atomic E-state index is 0.346. The fourth-order valence-corrected chi connectivity index (χ4v) is 3.74. The molecule has 25 heavy (non-hydrogen) atoms. The lowest BCUT2D eigenvalue weighted by atomic mass is 9.99. The molecule has 0 aliphatic rings. The molecule has 128 valence electrons. The van der Waals surface area contributed by atoms with Crippen LogP contribution in [-0.4, -0.2) is 4.98 Å². The zero-order chi connectivity index (χ0) is 18.3. The summed E-state index contributed by atoms with van der Waals surface area (Å²) in [5.41, 5.74) is 2.37. The van der Waals surface area contributed by atoms with Crippen LogP contribution in [0, 0.1) is 0 Å². The summed E-state index contributed by atoms with van der Waals surface area (Å²) in [7, 11) is 0.